The molecule has 4 heteroatoms. The summed E-state index contributed by atoms with van der Waals surface area (Å²) in [4.78, 5) is 5.01. The molecule has 1 saturated heterocycles. The van der Waals surface area contributed by atoms with Crippen LogP contribution in [0, 0.1) is 5.92 Å². The second-order valence-corrected chi connectivity index (χ2v) is 6.32. The van der Waals surface area contributed by atoms with Gasteiger partial charge >= 0.3 is 0 Å². The van der Waals surface area contributed by atoms with E-state index in [1.54, 1.807) is 7.11 Å². The lowest BCUT2D eigenvalue weighted by Gasteiger charge is -2.36. The highest BCUT2D eigenvalue weighted by molar-refractivity contribution is 5.49. The number of benzene rings is 1. The van der Waals surface area contributed by atoms with Gasteiger partial charge in [-0.25, -0.2) is 0 Å². The number of rotatable bonds is 6. The third-order valence-electron chi connectivity index (χ3n) is 4.82. The van der Waals surface area contributed by atoms with E-state index in [2.05, 4.69) is 21.9 Å². The standard InChI is InChI=1S/C17H27N3O/c1-21-16-6-4-15(5-7-16)20-12-10-19(11-13-20)9-8-17(18)14-2-3-14/h4-7,14,17H,2-3,8-13,18H2,1H3. The van der Waals surface area contributed by atoms with Crippen LogP contribution in [0.3, 0.4) is 0 Å². The minimum atomic E-state index is 0.435. The van der Waals surface area contributed by atoms with Crippen LogP contribution in [0.15, 0.2) is 24.3 Å². The summed E-state index contributed by atoms with van der Waals surface area (Å²) < 4.78 is 5.21. The van der Waals surface area contributed by atoms with Gasteiger partial charge in [0.1, 0.15) is 5.75 Å². The van der Waals surface area contributed by atoms with E-state index in [0.717, 1.165) is 50.8 Å². The average Bonchev–Trinajstić information content (AvgIpc) is 3.38. The Morgan fingerprint density at radius 2 is 1.81 bits per heavy atom. The number of anilines is 1. The summed E-state index contributed by atoms with van der Waals surface area (Å²) in [5.74, 6) is 1.75. The van der Waals surface area contributed by atoms with E-state index in [1.165, 1.54) is 18.5 Å². The fraction of sp³-hybridized carbons (Fsp3) is 0.647. The topological polar surface area (TPSA) is 41.7 Å². The van der Waals surface area contributed by atoms with Gasteiger partial charge in [-0.05, 0) is 56.0 Å². The first-order chi connectivity index (χ1) is 10.3. The van der Waals surface area contributed by atoms with E-state index >= 15 is 0 Å². The van der Waals surface area contributed by atoms with E-state index < -0.39 is 0 Å². The zero-order valence-corrected chi connectivity index (χ0v) is 13.0. The molecule has 0 aromatic heterocycles. The van der Waals surface area contributed by atoms with Crippen molar-refractivity contribution in [2.24, 2.45) is 11.7 Å². The van der Waals surface area contributed by atoms with Crippen molar-refractivity contribution in [2.75, 3.05) is 44.7 Å². The minimum absolute atomic E-state index is 0.435. The molecule has 1 unspecified atom stereocenters. The van der Waals surface area contributed by atoms with Crippen molar-refractivity contribution in [1.29, 1.82) is 0 Å². The van der Waals surface area contributed by atoms with Crippen LogP contribution in [-0.2, 0) is 0 Å². The molecule has 4 nitrogen and oxygen atoms in total. The number of hydrogen-bond donors (Lipinski definition) is 1. The molecule has 2 N–H and O–H groups in total. The third kappa shape index (κ3) is 3.89. The number of ether oxygens (including phenoxy) is 1. The molecule has 1 aromatic rings. The van der Waals surface area contributed by atoms with Crippen molar-refractivity contribution in [3.8, 4) is 5.75 Å². The number of hydrogen-bond acceptors (Lipinski definition) is 4. The van der Waals surface area contributed by atoms with Gasteiger partial charge in [-0.2, -0.15) is 0 Å². The Kier molecular flexibility index (Phi) is 4.66. The van der Waals surface area contributed by atoms with Crippen molar-refractivity contribution in [1.82, 2.24) is 4.90 Å². The lowest BCUT2D eigenvalue weighted by molar-refractivity contribution is 0.245. The first-order valence-corrected chi connectivity index (χ1v) is 8.13. The van der Waals surface area contributed by atoms with Gasteiger partial charge in [0.15, 0.2) is 0 Å². The molecule has 1 aromatic carbocycles. The number of nitrogens with zero attached hydrogens (tertiary/aromatic N) is 2. The van der Waals surface area contributed by atoms with E-state index in [-0.39, 0.29) is 0 Å². The fourth-order valence-electron chi connectivity index (χ4n) is 3.11. The molecule has 3 rings (SSSR count). The molecule has 1 aliphatic carbocycles. The molecule has 0 amide bonds. The van der Waals surface area contributed by atoms with Crippen LogP contribution in [0.5, 0.6) is 5.75 Å². The molecule has 0 spiro atoms. The fourth-order valence-corrected chi connectivity index (χ4v) is 3.11. The van der Waals surface area contributed by atoms with Crippen LogP contribution in [0.1, 0.15) is 19.3 Å². The van der Waals surface area contributed by atoms with Gasteiger partial charge in [0.05, 0.1) is 7.11 Å². The second-order valence-electron chi connectivity index (χ2n) is 6.32. The summed E-state index contributed by atoms with van der Waals surface area (Å²) in [5.41, 5.74) is 7.49. The predicted octanol–water partition coefficient (Wildman–Crippen LogP) is 1.94. The van der Waals surface area contributed by atoms with E-state index in [1.807, 2.05) is 12.1 Å². The van der Waals surface area contributed by atoms with Crippen LogP contribution >= 0.6 is 0 Å². The van der Waals surface area contributed by atoms with Gasteiger partial charge in [-0.15, -0.1) is 0 Å². The normalized spacial score (nSPS) is 21.3. The lowest BCUT2D eigenvalue weighted by Crippen LogP contribution is -2.47. The number of piperazine rings is 1. The summed E-state index contributed by atoms with van der Waals surface area (Å²) in [7, 11) is 1.71. The molecule has 0 bridgehead atoms. The molecule has 1 saturated carbocycles. The van der Waals surface area contributed by atoms with Crippen molar-refractivity contribution >= 4 is 5.69 Å². The van der Waals surface area contributed by atoms with Gasteiger partial charge < -0.3 is 15.4 Å². The molecule has 116 valence electrons. The quantitative estimate of drug-likeness (QED) is 0.869. The van der Waals surface area contributed by atoms with E-state index in [9.17, 15) is 0 Å². The van der Waals surface area contributed by atoms with Gasteiger partial charge in [0.2, 0.25) is 0 Å². The molecule has 21 heavy (non-hydrogen) atoms. The van der Waals surface area contributed by atoms with Crippen LogP contribution in [0.4, 0.5) is 5.69 Å². The molecular formula is C17H27N3O. The van der Waals surface area contributed by atoms with Crippen molar-refractivity contribution in [3.05, 3.63) is 24.3 Å². The van der Waals surface area contributed by atoms with Crippen molar-refractivity contribution < 1.29 is 4.74 Å². The first kappa shape index (κ1) is 14.7. The summed E-state index contributed by atoms with van der Waals surface area (Å²) in [6, 6.07) is 8.81. The van der Waals surface area contributed by atoms with Gasteiger partial charge in [-0.3, -0.25) is 4.90 Å². The van der Waals surface area contributed by atoms with Crippen molar-refractivity contribution in [3.63, 3.8) is 0 Å². The van der Waals surface area contributed by atoms with Gasteiger partial charge in [-0.1, -0.05) is 0 Å². The van der Waals surface area contributed by atoms with Gasteiger partial charge in [0, 0.05) is 37.9 Å². The highest BCUT2D eigenvalue weighted by atomic mass is 16.5. The van der Waals surface area contributed by atoms with Crippen LogP contribution in [0.25, 0.3) is 0 Å². The zero-order chi connectivity index (χ0) is 14.7. The summed E-state index contributed by atoms with van der Waals surface area (Å²) in [6.07, 6.45) is 3.87. The summed E-state index contributed by atoms with van der Waals surface area (Å²) >= 11 is 0. The average molecular weight is 289 g/mol. The molecule has 1 aliphatic heterocycles. The van der Waals surface area contributed by atoms with Gasteiger partial charge in [0.25, 0.3) is 0 Å². The maximum absolute atomic E-state index is 6.19. The van der Waals surface area contributed by atoms with Crippen LogP contribution in [-0.4, -0.2) is 50.8 Å². The Balaban J connectivity index is 1.43. The summed E-state index contributed by atoms with van der Waals surface area (Å²) in [6.45, 7) is 5.65. The third-order valence-corrected chi connectivity index (χ3v) is 4.82. The largest absolute Gasteiger partial charge is 0.497 e. The Bertz CT molecular complexity index is 436. The number of nitrogens with two attached hydrogens (primary N) is 1. The molecular weight excluding hydrogens is 262 g/mol. The number of methoxy groups -OCH3 is 1. The second kappa shape index (κ2) is 6.67. The Labute approximate surface area is 127 Å². The molecule has 1 atom stereocenters. The molecule has 2 fully saturated rings. The highest BCUT2D eigenvalue weighted by Crippen LogP contribution is 2.32. The van der Waals surface area contributed by atoms with Crippen LogP contribution in [0.2, 0.25) is 0 Å². The Morgan fingerprint density at radius 3 is 2.38 bits per heavy atom. The van der Waals surface area contributed by atoms with Crippen molar-refractivity contribution in [2.45, 2.75) is 25.3 Å². The SMILES string of the molecule is COc1ccc(N2CCN(CCC(N)C3CC3)CC2)cc1. The Morgan fingerprint density at radius 1 is 1.14 bits per heavy atom. The molecule has 0 radical (unpaired) electrons. The smallest absolute Gasteiger partial charge is 0.119 e. The lowest BCUT2D eigenvalue weighted by atomic mass is 10.1. The summed E-state index contributed by atoms with van der Waals surface area (Å²) in [5, 5.41) is 0. The van der Waals surface area contributed by atoms with E-state index in [0.29, 0.717) is 6.04 Å². The molecule has 2 aliphatic rings. The maximum atomic E-state index is 6.19. The van der Waals surface area contributed by atoms with E-state index in [4.69, 9.17) is 10.5 Å². The predicted molar refractivity (Wildman–Crippen MR) is 87.0 cm³/mol. The maximum Gasteiger partial charge on any atom is 0.119 e. The molecule has 1 heterocycles. The Hall–Kier alpha value is -1.26. The monoisotopic (exact) mass is 289 g/mol. The van der Waals surface area contributed by atoms with Crippen LogP contribution < -0.4 is 15.4 Å². The minimum Gasteiger partial charge on any atom is -0.497 e. The highest BCUT2D eigenvalue weighted by Gasteiger charge is 2.28. The zero-order valence-electron chi connectivity index (χ0n) is 13.0. The first-order valence-electron chi connectivity index (χ1n) is 8.13.